The van der Waals surface area contributed by atoms with E-state index in [-0.39, 0.29) is 12.5 Å². The first kappa shape index (κ1) is 13.3. The Morgan fingerprint density at radius 2 is 1.89 bits per heavy atom. The van der Waals surface area contributed by atoms with Crippen LogP contribution in [0.5, 0.6) is 0 Å². The van der Waals surface area contributed by atoms with Crippen LogP contribution in [0.3, 0.4) is 0 Å². The molecule has 0 fully saturated rings. The highest BCUT2D eigenvalue weighted by Gasteiger charge is 2.10. The van der Waals surface area contributed by atoms with Crippen LogP contribution in [0.2, 0.25) is 0 Å². The molecule has 3 nitrogen and oxygen atoms in total. The maximum Gasteiger partial charge on any atom is 0.0521 e. The minimum absolute atomic E-state index is 0.199. The van der Waals surface area contributed by atoms with Crippen LogP contribution in [0.25, 0.3) is 0 Å². The van der Waals surface area contributed by atoms with Crippen molar-refractivity contribution in [1.29, 1.82) is 0 Å². The molecule has 0 radical (unpaired) electrons. The van der Waals surface area contributed by atoms with Gasteiger partial charge in [-0.05, 0) is 42.0 Å². The first-order valence-corrected chi connectivity index (χ1v) is 6.79. The fraction of sp³-hybridized carbons (Fsp3) is 0.357. The summed E-state index contributed by atoms with van der Waals surface area (Å²) >= 11 is 3.42. The Bertz CT molecular complexity index is 493. The van der Waals surface area contributed by atoms with Gasteiger partial charge in [0.1, 0.15) is 0 Å². The predicted octanol–water partition coefficient (Wildman–Crippen LogP) is 2.58. The third-order valence-corrected chi connectivity index (χ3v) is 3.51. The van der Waals surface area contributed by atoms with Gasteiger partial charge in [-0.1, -0.05) is 28.1 Å². The normalized spacial score (nSPS) is 12.6. The summed E-state index contributed by atoms with van der Waals surface area (Å²) in [5.74, 6) is 0.246. The number of aliphatic hydroxyl groups excluding tert-OH is 1. The summed E-state index contributed by atoms with van der Waals surface area (Å²) in [6, 6.07) is 8.26. The first-order chi connectivity index (χ1) is 8.67. The first-order valence-electron chi connectivity index (χ1n) is 6.00. The third kappa shape index (κ3) is 3.68. The van der Waals surface area contributed by atoms with Gasteiger partial charge in [-0.2, -0.15) is 5.10 Å². The SMILES string of the molecule is Cn1cc(CC(CO)Cc2ccc(Br)cc2)cn1. The molecule has 1 aromatic carbocycles. The van der Waals surface area contributed by atoms with Crippen LogP contribution in [0.1, 0.15) is 11.1 Å². The van der Waals surface area contributed by atoms with Crippen LogP contribution in [-0.2, 0) is 19.9 Å². The number of hydrogen-bond donors (Lipinski definition) is 1. The van der Waals surface area contributed by atoms with Gasteiger partial charge in [-0.15, -0.1) is 0 Å². The average Bonchev–Trinajstić information content (AvgIpc) is 2.77. The van der Waals surface area contributed by atoms with E-state index in [4.69, 9.17) is 0 Å². The smallest absolute Gasteiger partial charge is 0.0521 e. The Hall–Kier alpha value is -1.13. The second-order valence-corrected chi connectivity index (χ2v) is 5.52. The number of halogens is 1. The lowest BCUT2D eigenvalue weighted by Gasteiger charge is -2.13. The van der Waals surface area contributed by atoms with Crippen LogP contribution in [0.4, 0.5) is 0 Å². The van der Waals surface area contributed by atoms with Gasteiger partial charge >= 0.3 is 0 Å². The summed E-state index contributed by atoms with van der Waals surface area (Å²) in [7, 11) is 1.91. The highest BCUT2D eigenvalue weighted by Crippen LogP contribution is 2.16. The van der Waals surface area contributed by atoms with Crippen molar-refractivity contribution in [3.63, 3.8) is 0 Å². The number of benzene rings is 1. The number of nitrogens with zero attached hydrogens (tertiary/aromatic N) is 2. The highest BCUT2D eigenvalue weighted by molar-refractivity contribution is 9.10. The summed E-state index contributed by atoms with van der Waals surface area (Å²) in [6.07, 6.45) is 5.62. The maximum atomic E-state index is 9.47. The Morgan fingerprint density at radius 1 is 1.22 bits per heavy atom. The van der Waals surface area contributed by atoms with Gasteiger partial charge in [0.25, 0.3) is 0 Å². The molecule has 0 saturated heterocycles. The predicted molar refractivity (Wildman–Crippen MR) is 75.3 cm³/mol. The second kappa shape index (κ2) is 6.16. The molecule has 4 heteroatoms. The van der Waals surface area contributed by atoms with Gasteiger partial charge in [-0.25, -0.2) is 0 Å². The standard InChI is InChI=1S/C14H17BrN2O/c1-17-9-13(8-16-17)7-12(10-18)6-11-2-4-14(15)5-3-11/h2-5,8-9,12,18H,6-7,10H2,1H3. The molecule has 1 aromatic heterocycles. The molecule has 1 unspecified atom stereocenters. The molecular formula is C14H17BrN2O. The van der Waals surface area contributed by atoms with Gasteiger partial charge in [-0.3, -0.25) is 4.68 Å². The van der Waals surface area contributed by atoms with Crippen LogP contribution in [0, 0.1) is 5.92 Å². The Labute approximate surface area is 116 Å². The second-order valence-electron chi connectivity index (χ2n) is 4.61. The Balaban J connectivity index is 1.99. The maximum absolute atomic E-state index is 9.47. The minimum atomic E-state index is 0.199. The van der Waals surface area contributed by atoms with Crippen LogP contribution in [0.15, 0.2) is 41.1 Å². The van der Waals surface area contributed by atoms with E-state index < -0.39 is 0 Å². The molecule has 18 heavy (non-hydrogen) atoms. The highest BCUT2D eigenvalue weighted by atomic mass is 79.9. The van der Waals surface area contributed by atoms with E-state index in [0.717, 1.165) is 17.3 Å². The molecule has 0 bridgehead atoms. The quantitative estimate of drug-likeness (QED) is 0.922. The van der Waals surface area contributed by atoms with Crippen molar-refractivity contribution in [1.82, 2.24) is 9.78 Å². The molecule has 0 aliphatic rings. The lowest BCUT2D eigenvalue weighted by molar-refractivity contribution is 0.225. The van der Waals surface area contributed by atoms with Crippen molar-refractivity contribution in [2.24, 2.45) is 13.0 Å². The van der Waals surface area contributed by atoms with Gasteiger partial charge in [0.05, 0.1) is 6.20 Å². The molecular weight excluding hydrogens is 292 g/mol. The number of aliphatic hydroxyl groups is 1. The molecule has 0 spiro atoms. The Morgan fingerprint density at radius 3 is 2.44 bits per heavy atom. The largest absolute Gasteiger partial charge is 0.396 e. The molecule has 1 atom stereocenters. The minimum Gasteiger partial charge on any atom is -0.396 e. The van der Waals surface area contributed by atoms with Crippen molar-refractivity contribution >= 4 is 15.9 Å². The van der Waals surface area contributed by atoms with Crippen LogP contribution >= 0.6 is 15.9 Å². The molecule has 0 aliphatic heterocycles. The molecule has 2 aromatic rings. The molecule has 0 saturated carbocycles. The fourth-order valence-corrected chi connectivity index (χ4v) is 2.33. The Kier molecular flexibility index (Phi) is 4.55. The van der Waals surface area contributed by atoms with E-state index in [9.17, 15) is 5.11 Å². The molecule has 96 valence electrons. The van der Waals surface area contributed by atoms with E-state index in [1.165, 1.54) is 11.1 Å². The molecule has 0 aliphatic carbocycles. The van der Waals surface area contributed by atoms with Crippen molar-refractivity contribution in [3.8, 4) is 0 Å². The average molecular weight is 309 g/mol. The van der Waals surface area contributed by atoms with E-state index in [1.54, 1.807) is 4.68 Å². The van der Waals surface area contributed by atoms with E-state index in [2.05, 4.69) is 33.2 Å². The molecule has 2 rings (SSSR count). The van der Waals surface area contributed by atoms with E-state index >= 15 is 0 Å². The van der Waals surface area contributed by atoms with E-state index in [0.29, 0.717) is 0 Å². The third-order valence-electron chi connectivity index (χ3n) is 2.98. The lowest BCUT2D eigenvalue weighted by atomic mass is 9.94. The number of aromatic nitrogens is 2. The zero-order valence-electron chi connectivity index (χ0n) is 10.4. The zero-order valence-corrected chi connectivity index (χ0v) is 12.0. The summed E-state index contributed by atoms with van der Waals surface area (Å²) < 4.78 is 2.88. The van der Waals surface area contributed by atoms with Gasteiger partial charge < -0.3 is 5.11 Å². The summed E-state index contributed by atoms with van der Waals surface area (Å²) in [5, 5.41) is 13.6. The summed E-state index contributed by atoms with van der Waals surface area (Å²) in [6.45, 7) is 0.199. The number of hydrogen-bond acceptors (Lipinski definition) is 2. The molecule has 0 amide bonds. The molecule has 1 heterocycles. The lowest BCUT2D eigenvalue weighted by Crippen LogP contribution is -2.12. The van der Waals surface area contributed by atoms with Crippen molar-refractivity contribution in [2.45, 2.75) is 12.8 Å². The summed E-state index contributed by atoms with van der Waals surface area (Å²) in [4.78, 5) is 0. The van der Waals surface area contributed by atoms with Crippen molar-refractivity contribution < 1.29 is 5.11 Å². The van der Waals surface area contributed by atoms with Gasteiger partial charge in [0.15, 0.2) is 0 Å². The number of aryl methyl sites for hydroxylation is 1. The summed E-state index contributed by atoms with van der Waals surface area (Å²) in [5.41, 5.74) is 2.43. The van der Waals surface area contributed by atoms with Crippen LogP contribution < -0.4 is 0 Å². The fourth-order valence-electron chi connectivity index (χ4n) is 2.07. The zero-order chi connectivity index (χ0) is 13.0. The number of rotatable bonds is 5. The van der Waals surface area contributed by atoms with Crippen molar-refractivity contribution in [3.05, 3.63) is 52.3 Å². The van der Waals surface area contributed by atoms with Gasteiger partial charge in [0.2, 0.25) is 0 Å². The monoisotopic (exact) mass is 308 g/mol. The molecule has 1 N–H and O–H groups in total. The van der Waals surface area contributed by atoms with E-state index in [1.807, 2.05) is 31.6 Å². The van der Waals surface area contributed by atoms with Crippen molar-refractivity contribution in [2.75, 3.05) is 6.61 Å². The topological polar surface area (TPSA) is 38.0 Å². The van der Waals surface area contributed by atoms with Crippen LogP contribution in [-0.4, -0.2) is 21.5 Å². The van der Waals surface area contributed by atoms with Gasteiger partial charge in [0, 0.05) is 24.3 Å².